The number of halogens is 7. The first-order valence-electron chi connectivity index (χ1n) is 21.0. The number of para-hydroxylation sites is 2. The van der Waals surface area contributed by atoms with Gasteiger partial charge in [0.15, 0.2) is 23.3 Å². The van der Waals surface area contributed by atoms with E-state index in [-0.39, 0.29) is 65.4 Å². The number of nitrogens with zero attached hydrogens (tertiary/aromatic N) is 1. The molecule has 0 bridgehead atoms. The molecule has 1 aliphatic heterocycles. The molecule has 8 nitrogen and oxygen atoms in total. The summed E-state index contributed by atoms with van der Waals surface area (Å²) in [7, 11) is -11.6. The molecule has 0 unspecified atom stereocenters. The number of nitrogens with one attached hydrogen (secondary N) is 2. The first-order chi connectivity index (χ1) is 31.4. The monoisotopic (exact) mass is 1170 g/mol. The maximum atomic E-state index is 14.8. The molecular weight excluding hydrogens is 1120 g/mol. The molecule has 2 N–H and O–H groups in total. The van der Waals surface area contributed by atoms with E-state index in [1.807, 2.05) is 12.1 Å². The Balaban J connectivity index is 1.47. The number of hydrogen-bond donors (Lipinski definition) is 2. The van der Waals surface area contributed by atoms with E-state index < -0.39 is 58.9 Å². The molecule has 7 rings (SSSR count). The van der Waals surface area contributed by atoms with Crippen LogP contribution in [-0.4, -0.2) is 25.7 Å². The van der Waals surface area contributed by atoms with E-state index in [2.05, 4.69) is 92.4 Å². The fourth-order valence-corrected chi connectivity index (χ4v) is 15.3. The minimum absolute atomic E-state index is 0.0744. The van der Waals surface area contributed by atoms with E-state index in [1.165, 1.54) is 25.3 Å². The van der Waals surface area contributed by atoms with E-state index in [0.29, 0.717) is 33.3 Å². The van der Waals surface area contributed by atoms with Crippen LogP contribution in [0.15, 0.2) is 111 Å². The number of fused-ring (bicyclic) bond motifs is 2. The summed E-state index contributed by atoms with van der Waals surface area (Å²) in [6.07, 6.45) is 2.11. The Hall–Kier alpha value is -4.44. The second kappa shape index (κ2) is 20.4. The average molecular weight is 1170 g/mol. The van der Waals surface area contributed by atoms with Gasteiger partial charge < -0.3 is 0 Å². The molecule has 0 amide bonds. The molecule has 0 atom stereocenters. The van der Waals surface area contributed by atoms with E-state index in [1.54, 1.807) is 24.3 Å². The summed E-state index contributed by atoms with van der Waals surface area (Å²) in [6.45, 7) is 12.8. The third-order valence-electron chi connectivity index (χ3n) is 10.5. The quantitative estimate of drug-likeness (QED) is 0.0352. The van der Waals surface area contributed by atoms with Crippen LogP contribution in [0.4, 0.5) is 39.0 Å². The van der Waals surface area contributed by atoms with Gasteiger partial charge >= 0.3 is 331 Å². The van der Waals surface area contributed by atoms with Gasteiger partial charge in [-0.3, -0.25) is 0 Å². The van der Waals surface area contributed by atoms with Crippen LogP contribution in [-0.2, 0) is 20.0 Å². The summed E-state index contributed by atoms with van der Waals surface area (Å²) < 4.78 is 141. The van der Waals surface area contributed by atoms with Crippen LogP contribution in [0.3, 0.4) is 0 Å². The van der Waals surface area contributed by atoms with Gasteiger partial charge in [-0.15, -0.1) is 0 Å². The number of hydrogen-bond acceptors (Lipinski definition) is 6. The molecule has 5 aromatic rings. The summed E-state index contributed by atoms with van der Waals surface area (Å²) in [5.74, 6) is -12.5. The molecule has 0 fully saturated rings. The van der Waals surface area contributed by atoms with E-state index in [0.717, 1.165) is 50.3 Å². The van der Waals surface area contributed by atoms with Crippen LogP contribution >= 0.6 is 0 Å². The molecule has 17 heteroatoms. The predicted molar refractivity (Wildman–Crippen MR) is 238 cm³/mol. The standard InChI is InChI=1S/C49H45F5I2N3O5S2/c1-7-23-55-36-16-11-14-31(27(3)4)47(36)57-29-19-21-33-38(25-29)64-39-26-30(58-48-32(28(5)6)15-12-17-37(48)56-24-8-2)20-22-34(39)41(33)35-13-9-10-18-40(35)65(60,61)59-66(62,63)49-45(53)43(51)42(50)44(52)46(49)54/h9-22,25-28,57H,7-8,23-24H2,1-6H3/q-3/p+1. The second-order valence-corrected chi connectivity index (χ2v) is 25.3. The van der Waals surface area contributed by atoms with Crippen molar-refractivity contribution in [2.75, 3.05) is 14.2 Å². The Morgan fingerprint density at radius 3 is 1.91 bits per heavy atom. The van der Waals surface area contributed by atoms with Gasteiger partial charge in [0.1, 0.15) is 14.9 Å². The molecule has 1 heterocycles. The predicted octanol–water partition coefficient (Wildman–Crippen LogP) is 4.99. The van der Waals surface area contributed by atoms with Gasteiger partial charge in [0.2, 0.25) is 5.82 Å². The number of sulfonamides is 2. The summed E-state index contributed by atoms with van der Waals surface area (Å²) in [6, 6.07) is 28.6. The molecule has 1 aliphatic carbocycles. The number of rotatable bonds is 16. The van der Waals surface area contributed by atoms with Crippen molar-refractivity contribution in [3.8, 4) is 22.5 Å². The topological polar surface area (TPSA) is 122 Å². The zero-order valence-corrected chi connectivity index (χ0v) is 42.6. The van der Waals surface area contributed by atoms with Gasteiger partial charge in [-0.05, 0) is 0 Å². The van der Waals surface area contributed by atoms with E-state index in [4.69, 9.17) is 4.42 Å². The van der Waals surface area contributed by atoms with Crippen molar-refractivity contribution in [3.63, 3.8) is 0 Å². The SMILES string of the molecule is CCC[I-]c1cccc(C(C)C)c1Nc1ccc2c(-c3ccccc3S(=O)(=O)[N-]S(=O)(=O)c3c(F)c(F)c(F)c(F)c3F)c3ccc(=[NH+]c4c([I-]CCC)cccc4C(C)C)cc-3oc2c1. The molecule has 0 aromatic heterocycles. The minimum atomic E-state index is -6.07. The first-order valence-corrected chi connectivity index (χ1v) is 29.1. The number of benzene rings is 6. The van der Waals surface area contributed by atoms with Gasteiger partial charge in [-0.1, -0.05) is 0 Å². The molecule has 0 spiro atoms. The Morgan fingerprint density at radius 2 is 1.26 bits per heavy atom. The Morgan fingerprint density at radius 1 is 0.652 bits per heavy atom. The van der Waals surface area contributed by atoms with Crippen LogP contribution in [0.1, 0.15) is 77.3 Å². The summed E-state index contributed by atoms with van der Waals surface area (Å²) >= 11 is -0.629. The summed E-state index contributed by atoms with van der Waals surface area (Å²) in [5.41, 5.74) is 5.92. The van der Waals surface area contributed by atoms with Crippen LogP contribution in [0.5, 0.6) is 0 Å². The molecule has 350 valence electrons. The van der Waals surface area contributed by atoms with Gasteiger partial charge in [0.25, 0.3) is 0 Å². The van der Waals surface area contributed by atoms with E-state index >= 15 is 0 Å². The summed E-state index contributed by atoms with van der Waals surface area (Å²) in [4.78, 5) is 0.538. The van der Waals surface area contributed by atoms with Gasteiger partial charge in [0.05, 0.1) is 0 Å². The van der Waals surface area contributed by atoms with Gasteiger partial charge in [-0.2, -0.15) is 0 Å². The molecule has 5 aromatic carbocycles. The first kappa shape index (κ1) is 49.5. The molecule has 2 aliphatic rings. The van der Waals surface area contributed by atoms with Crippen molar-refractivity contribution in [1.29, 1.82) is 0 Å². The van der Waals surface area contributed by atoms with Crippen molar-refractivity contribution < 1.29 is 90.6 Å². The van der Waals surface area contributed by atoms with Crippen LogP contribution in [0.2, 0.25) is 0 Å². The molecule has 0 saturated heterocycles. The van der Waals surface area contributed by atoms with Crippen LogP contribution in [0, 0.1) is 36.2 Å². The Labute approximate surface area is 402 Å². The zero-order chi connectivity index (χ0) is 47.7. The van der Waals surface area contributed by atoms with E-state index in [9.17, 15) is 38.8 Å². The molecule has 66 heavy (non-hydrogen) atoms. The summed E-state index contributed by atoms with van der Waals surface area (Å²) in [5, 5.41) is 4.74. The van der Waals surface area contributed by atoms with Crippen molar-refractivity contribution in [3.05, 3.63) is 154 Å². The zero-order valence-electron chi connectivity index (χ0n) is 36.7. The molecule has 0 saturated carbocycles. The number of alkyl halides is 2. The maximum absolute atomic E-state index is 14.8. The van der Waals surface area contributed by atoms with Crippen molar-refractivity contribution in [2.45, 2.75) is 76.0 Å². The average Bonchev–Trinajstić information content (AvgIpc) is 3.28. The Bertz CT molecular complexity index is 3230. The van der Waals surface area contributed by atoms with Gasteiger partial charge in [-0.25, -0.2) is 30.4 Å². The molecular formula is C49H46F5I2N3O5S2-2. The van der Waals surface area contributed by atoms with Crippen molar-refractivity contribution in [2.24, 2.45) is 0 Å². The third kappa shape index (κ3) is 10.0. The van der Waals surface area contributed by atoms with Crippen molar-refractivity contribution >= 4 is 48.1 Å². The third-order valence-corrected chi connectivity index (χ3v) is 20.5. The molecule has 0 radical (unpaired) electrons. The Kier molecular flexibility index (Phi) is 15.3. The fourth-order valence-electron chi connectivity index (χ4n) is 7.46. The van der Waals surface area contributed by atoms with Crippen molar-refractivity contribution in [1.82, 2.24) is 0 Å². The fraction of sp³-hybridized carbons (Fsp3) is 0.245. The van der Waals surface area contributed by atoms with Crippen LogP contribution in [0.25, 0.3) is 37.5 Å². The number of anilines is 2. The second-order valence-electron chi connectivity index (χ2n) is 15.9. The van der Waals surface area contributed by atoms with Gasteiger partial charge in [0, 0.05) is 0 Å². The normalized spacial score (nSPS) is 12.7. The van der Waals surface area contributed by atoms with Crippen LogP contribution < -0.4 is 58.1 Å².